The summed E-state index contributed by atoms with van der Waals surface area (Å²) in [6, 6.07) is 17.7. The molecule has 0 aliphatic rings. The number of sulfonamides is 1. The summed E-state index contributed by atoms with van der Waals surface area (Å²) in [6.45, 7) is 1.81. The molecular weight excluding hydrogens is 410 g/mol. The fourth-order valence-corrected chi connectivity index (χ4v) is 4.69. The molecule has 0 heterocycles. The van der Waals surface area contributed by atoms with Gasteiger partial charge in [-0.25, -0.2) is 13.1 Å². The first-order valence-corrected chi connectivity index (χ1v) is 9.99. The van der Waals surface area contributed by atoms with E-state index in [1.54, 1.807) is 24.3 Å². The largest absolute Gasteiger partial charge is 0.241 e. The molecule has 3 aromatic rings. The molecule has 1 atom stereocenters. The van der Waals surface area contributed by atoms with Gasteiger partial charge in [-0.2, -0.15) is 0 Å². The molecule has 124 valence electrons. The first-order chi connectivity index (χ1) is 11.4. The third-order valence-corrected chi connectivity index (χ3v) is 6.23. The molecule has 0 fully saturated rings. The van der Waals surface area contributed by atoms with Crippen LogP contribution in [0.25, 0.3) is 10.8 Å². The second-order valence-electron chi connectivity index (χ2n) is 5.49. The minimum Gasteiger partial charge on any atom is -0.207 e. The predicted octanol–water partition coefficient (Wildman–Crippen LogP) is 5.30. The van der Waals surface area contributed by atoms with E-state index < -0.39 is 10.0 Å². The average molecular weight is 425 g/mol. The number of hydrogen-bond donors (Lipinski definition) is 1. The normalized spacial score (nSPS) is 13.1. The molecular formula is C18H15BrClNO2S. The highest BCUT2D eigenvalue weighted by Gasteiger charge is 2.21. The van der Waals surface area contributed by atoms with E-state index in [4.69, 9.17) is 11.6 Å². The fraction of sp³-hybridized carbons (Fsp3) is 0.111. The zero-order valence-corrected chi connectivity index (χ0v) is 16.0. The lowest BCUT2D eigenvalue weighted by Crippen LogP contribution is -2.27. The Bertz CT molecular complexity index is 982. The Kier molecular flexibility index (Phi) is 4.97. The Balaban J connectivity index is 2.01. The Labute approximate surface area is 154 Å². The molecule has 3 nitrogen and oxygen atoms in total. The molecule has 0 radical (unpaired) electrons. The Hall–Kier alpha value is -1.40. The van der Waals surface area contributed by atoms with Crippen LogP contribution in [0.4, 0.5) is 0 Å². The molecule has 24 heavy (non-hydrogen) atoms. The van der Waals surface area contributed by atoms with Crippen LogP contribution in [0.3, 0.4) is 0 Å². The van der Waals surface area contributed by atoms with E-state index in [9.17, 15) is 8.42 Å². The summed E-state index contributed by atoms with van der Waals surface area (Å²) in [5, 5.41) is 1.75. The quantitative estimate of drug-likeness (QED) is 0.618. The van der Waals surface area contributed by atoms with E-state index in [0.717, 1.165) is 15.4 Å². The van der Waals surface area contributed by atoms with Gasteiger partial charge in [-0.05, 0) is 42.1 Å². The molecule has 0 amide bonds. The molecule has 6 heteroatoms. The van der Waals surface area contributed by atoms with Gasteiger partial charge in [0.2, 0.25) is 10.0 Å². The highest BCUT2D eigenvalue weighted by molar-refractivity contribution is 9.10. The van der Waals surface area contributed by atoms with Crippen molar-refractivity contribution in [1.82, 2.24) is 4.72 Å². The number of hydrogen-bond acceptors (Lipinski definition) is 2. The van der Waals surface area contributed by atoms with Gasteiger partial charge in [0.1, 0.15) is 0 Å². The van der Waals surface area contributed by atoms with Crippen LogP contribution < -0.4 is 4.72 Å². The lowest BCUT2D eigenvalue weighted by Gasteiger charge is -2.16. The lowest BCUT2D eigenvalue weighted by atomic mass is 10.1. The van der Waals surface area contributed by atoms with Crippen molar-refractivity contribution in [2.24, 2.45) is 0 Å². The van der Waals surface area contributed by atoms with Crippen molar-refractivity contribution in [2.45, 2.75) is 17.9 Å². The van der Waals surface area contributed by atoms with E-state index >= 15 is 0 Å². The van der Waals surface area contributed by atoms with Gasteiger partial charge in [-0.1, -0.05) is 63.9 Å². The first kappa shape index (κ1) is 17.4. The number of rotatable bonds is 4. The highest BCUT2D eigenvalue weighted by atomic mass is 79.9. The van der Waals surface area contributed by atoms with Crippen LogP contribution in [0.5, 0.6) is 0 Å². The standard InChI is InChI=1S/C18H15BrClNO2S/c1-12(13-8-10-15(19)11-9-13)21-24(22,23)17-7-3-5-14-4-2-6-16(20)18(14)17/h2-12,21H,1H3/t12-/m0/s1. The second-order valence-corrected chi connectivity index (χ2v) is 8.49. The molecule has 0 bridgehead atoms. The van der Waals surface area contributed by atoms with Crippen LogP contribution in [0.15, 0.2) is 70.0 Å². The van der Waals surface area contributed by atoms with Gasteiger partial charge in [-0.15, -0.1) is 0 Å². The molecule has 0 aromatic heterocycles. The number of fused-ring (bicyclic) bond motifs is 1. The van der Waals surface area contributed by atoms with Crippen molar-refractivity contribution in [3.63, 3.8) is 0 Å². The summed E-state index contributed by atoms with van der Waals surface area (Å²) in [6.07, 6.45) is 0. The van der Waals surface area contributed by atoms with Crippen molar-refractivity contribution in [3.05, 3.63) is 75.7 Å². The Morgan fingerprint density at radius 2 is 1.62 bits per heavy atom. The minimum absolute atomic E-state index is 0.189. The molecule has 3 rings (SSSR count). The van der Waals surface area contributed by atoms with Gasteiger partial charge in [0.05, 0.1) is 4.90 Å². The number of nitrogens with one attached hydrogen (secondary N) is 1. The highest BCUT2D eigenvalue weighted by Crippen LogP contribution is 2.30. The van der Waals surface area contributed by atoms with E-state index in [1.165, 1.54) is 0 Å². The van der Waals surface area contributed by atoms with Crippen molar-refractivity contribution < 1.29 is 8.42 Å². The van der Waals surface area contributed by atoms with Crippen LogP contribution in [0.1, 0.15) is 18.5 Å². The molecule has 0 spiro atoms. The van der Waals surface area contributed by atoms with Gasteiger partial charge in [0.15, 0.2) is 0 Å². The summed E-state index contributed by atoms with van der Waals surface area (Å²) >= 11 is 9.62. The van der Waals surface area contributed by atoms with Crippen LogP contribution in [0, 0.1) is 0 Å². The summed E-state index contributed by atoms with van der Waals surface area (Å²) in [7, 11) is -3.71. The topological polar surface area (TPSA) is 46.2 Å². The Morgan fingerprint density at radius 1 is 1.00 bits per heavy atom. The summed E-state index contributed by atoms with van der Waals surface area (Å²) in [5.41, 5.74) is 0.883. The smallest absolute Gasteiger partial charge is 0.207 e. The SMILES string of the molecule is C[C@H](NS(=O)(=O)c1cccc2cccc(Cl)c12)c1ccc(Br)cc1. The maximum atomic E-state index is 12.9. The molecule has 1 N–H and O–H groups in total. The zero-order valence-electron chi connectivity index (χ0n) is 12.8. The molecule has 0 saturated carbocycles. The van der Waals surface area contributed by atoms with Crippen molar-refractivity contribution >= 4 is 48.3 Å². The maximum absolute atomic E-state index is 12.9. The number of halogens is 2. The fourth-order valence-electron chi connectivity index (χ4n) is 2.60. The third kappa shape index (κ3) is 3.49. The van der Waals surface area contributed by atoms with Gasteiger partial charge in [-0.3, -0.25) is 0 Å². The summed E-state index contributed by atoms with van der Waals surface area (Å²) < 4.78 is 29.4. The van der Waals surface area contributed by atoms with Crippen molar-refractivity contribution in [1.29, 1.82) is 0 Å². The summed E-state index contributed by atoms with van der Waals surface area (Å²) in [5.74, 6) is 0. The molecule has 0 unspecified atom stereocenters. The van der Waals surface area contributed by atoms with Gasteiger partial charge >= 0.3 is 0 Å². The maximum Gasteiger partial charge on any atom is 0.241 e. The van der Waals surface area contributed by atoms with Crippen LogP contribution in [0.2, 0.25) is 5.02 Å². The Morgan fingerprint density at radius 3 is 2.29 bits per heavy atom. The molecule has 0 aliphatic heterocycles. The van der Waals surface area contributed by atoms with E-state index in [0.29, 0.717) is 10.4 Å². The molecule has 0 saturated heterocycles. The molecule has 0 aliphatic carbocycles. The van der Waals surface area contributed by atoms with Crippen molar-refractivity contribution in [3.8, 4) is 0 Å². The van der Waals surface area contributed by atoms with E-state index in [2.05, 4.69) is 20.7 Å². The van der Waals surface area contributed by atoms with Gasteiger partial charge < -0.3 is 0 Å². The van der Waals surface area contributed by atoms with Gasteiger partial charge in [0.25, 0.3) is 0 Å². The summed E-state index contributed by atoms with van der Waals surface area (Å²) in [4.78, 5) is 0.189. The average Bonchev–Trinajstić information content (AvgIpc) is 2.55. The second kappa shape index (κ2) is 6.84. The van der Waals surface area contributed by atoms with Crippen LogP contribution >= 0.6 is 27.5 Å². The van der Waals surface area contributed by atoms with Crippen molar-refractivity contribution in [2.75, 3.05) is 0 Å². The zero-order chi connectivity index (χ0) is 17.3. The lowest BCUT2D eigenvalue weighted by molar-refractivity contribution is 0.568. The van der Waals surface area contributed by atoms with E-state index in [-0.39, 0.29) is 10.9 Å². The molecule has 3 aromatic carbocycles. The van der Waals surface area contributed by atoms with Crippen LogP contribution in [-0.4, -0.2) is 8.42 Å². The van der Waals surface area contributed by atoms with Gasteiger partial charge in [0, 0.05) is 20.9 Å². The predicted molar refractivity (Wildman–Crippen MR) is 102 cm³/mol. The first-order valence-electron chi connectivity index (χ1n) is 7.33. The van der Waals surface area contributed by atoms with Crippen LogP contribution in [-0.2, 0) is 10.0 Å². The monoisotopic (exact) mass is 423 g/mol. The number of benzene rings is 3. The van der Waals surface area contributed by atoms with E-state index in [1.807, 2.05) is 43.3 Å². The third-order valence-electron chi connectivity index (χ3n) is 3.81. The minimum atomic E-state index is -3.71.